The summed E-state index contributed by atoms with van der Waals surface area (Å²) in [4.78, 5) is 0. The van der Waals surface area contributed by atoms with Gasteiger partial charge in [-0.15, -0.1) is 0 Å². The molecule has 1 aromatic carbocycles. The van der Waals surface area contributed by atoms with Crippen LogP contribution in [0.4, 0.5) is 12.9 Å². The summed E-state index contributed by atoms with van der Waals surface area (Å²) in [6.07, 6.45) is -0.667. The molecule has 1 nitrogen and oxygen atoms in total. The average Bonchev–Trinajstić information content (AvgIpc) is 2.14. The molecule has 0 saturated carbocycles. The molecule has 0 aromatic heterocycles. The van der Waals surface area contributed by atoms with Gasteiger partial charge in [-0.25, -0.2) is 0 Å². The summed E-state index contributed by atoms with van der Waals surface area (Å²) in [5, 5.41) is 0. The number of aryl methyl sites for hydroxylation is 1. The molecule has 1 aromatic rings. The van der Waals surface area contributed by atoms with Crippen LogP contribution in [0.3, 0.4) is 0 Å². The molecule has 0 bridgehead atoms. The molecule has 0 N–H and O–H groups in total. The van der Waals surface area contributed by atoms with Gasteiger partial charge in [0.05, 0.1) is 7.11 Å². The van der Waals surface area contributed by atoms with Gasteiger partial charge in [0, 0.05) is 0 Å². The Morgan fingerprint density at radius 2 is 1.67 bits per heavy atom. The minimum Gasteiger partial charge on any atom is -0.497 e. The monoisotopic (exact) mass is 242 g/mol. The van der Waals surface area contributed by atoms with Gasteiger partial charge in [0.1, 0.15) is 5.75 Å². The molecule has 0 heterocycles. The molecule has 0 aliphatic rings. The number of rotatable bonds is 4. The van der Waals surface area contributed by atoms with Gasteiger partial charge in [-0.3, -0.25) is 0 Å². The quantitative estimate of drug-likeness (QED) is 0.680. The van der Waals surface area contributed by atoms with E-state index in [2.05, 4.69) is 0 Å². The van der Waals surface area contributed by atoms with Crippen molar-refractivity contribution >= 4 is 6.98 Å². The Morgan fingerprint density at radius 1 is 1.13 bits per heavy atom. The fourth-order valence-corrected chi connectivity index (χ4v) is 1.12. The van der Waals surface area contributed by atoms with Gasteiger partial charge in [0.25, 0.3) is 0 Å². The molecule has 0 aliphatic carbocycles. The zero-order valence-electron chi connectivity index (χ0n) is 8.84. The van der Waals surface area contributed by atoms with Crippen LogP contribution in [-0.4, -0.2) is 14.1 Å². The number of hydrogen-bond acceptors (Lipinski definition) is 1. The van der Waals surface area contributed by atoms with Crippen LogP contribution >= 0.6 is 0 Å². The number of benzene rings is 1. The summed E-state index contributed by atoms with van der Waals surface area (Å²) in [6.45, 7) is -4.67. The van der Waals surface area contributed by atoms with Gasteiger partial charge < -0.3 is 17.7 Å². The van der Waals surface area contributed by atoms with E-state index in [9.17, 15) is 12.9 Å². The maximum absolute atomic E-state index is 11.9. The Balaban J connectivity index is 0.00000196. The summed E-state index contributed by atoms with van der Waals surface area (Å²) >= 11 is 0. The van der Waals surface area contributed by atoms with Crippen LogP contribution in [-0.2, 0) is 6.42 Å². The Labute approximate surface area is 130 Å². The molecule has 6 heteroatoms. The van der Waals surface area contributed by atoms with Gasteiger partial charge in [-0.1, -0.05) is 30.4 Å². The number of hydrogen-bond donors (Lipinski definition) is 0. The summed E-state index contributed by atoms with van der Waals surface area (Å²) < 4.78 is 40.7. The minimum atomic E-state index is -4.67. The van der Waals surface area contributed by atoms with E-state index in [4.69, 9.17) is 4.74 Å². The van der Waals surface area contributed by atoms with Gasteiger partial charge in [-0.2, -0.15) is 0 Å². The summed E-state index contributed by atoms with van der Waals surface area (Å²) in [7, 11) is 1.52. The van der Waals surface area contributed by atoms with Crippen LogP contribution in [0, 0.1) is 0 Å². The van der Waals surface area contributed by atoms with Gasteiger partial charge in [0.15, 0.2) is 0 Å². The number of ether oxygens (including phenoxy) is 1. The van der Waals surface area contributed by atoms with Gasteiger partial charge in [-0.05, 0) is 12.1 Å². The minimum absolute atomic E-state index is 0. The molecule has 1 rings (SSSR count). The summed E-state index contributed by atoms with van der Waals surface area (Å²) in [5.41, 5.74) is 0.685. The van der Waals surface area contributed by atoms with E-state index in [1.807, 2.05) is 0 Å². The molecule has 0 radical (unpaired) electrons. The average molecular weight is 242 g/mol. The molecule has 0 spiro atoms. The molecule has 78 valence electrons. The van der Waals surface area contributed by atoms with E-state index in [0.29, 0.717) is 11.3 Å². The second-order valence-corrected chi connectivity index (χ2v) is 3.10. The van der Waals surface area contributed by atoms with Crippen LogP contribution in [0.15, 0.2) is 24.3 Å². The summed E-state index contributed by atoms with van der Waals surface area (Å²) in [5.74, 6) is 0.659. The summed E-state index contributed by atoms with van der Waals surface area (Å²) in [6, 6.07) is 6.64. The Hall–Kier alpha value is 0.511. The molecule has 0 saturated heterocycles. The van der Waals surface area contributed by atoms with Crippen molar-refractivity contribution < 1.29 is 69.1 Å². The molecule has 0 fully saturated rings. The molecule has 0 unspecified atom stereocenters. The second-order valence-electron chi connectivity index (χ2n) is 3.10. The first-order chi connectivity index (χ1) is 6.51. The van der Waals surface area contributed by atoms with Crippen molar-refractivity contribution in [2.45, 2.75) is 12.7 Å². The van der Waals surface area contributed by atoms with Crippen molar-refractivity contribution in [3.63, 3.8) is 0 Å². The molecular weight excluding hydrogens is 231 g/mol. The molecule has 0 aliphatic heterocycles. The predicted octanol–water partition coefficient (Wildman–Crippen LogP) is 0.0891. The fourth-order valence-electron chi connectivity index (χ4n) is 1.12. The third-order valence-corrected chi connectivity index (χ3v) is 1.92. The van der Waals surface area contributed by atoms with Crippen molar-refractivity contribution in [2.75, 3.05) is 7.11 Å². The van der Waals surface area contributed by atoms with E-state index in [-0.39, 0.29) is 57.8 Å². The zero-order chi connectivity index (χ0) is 10.6. The van der Waals surface area contributed by atoms with Crippen LogP contribution in [0.2, 0.25) is 6.32 Å². The molecular formula is C9H11BF3KO. The normalized spacial score (nSPS) is 10.7. The largest absolute Gasteiger partial charge is 1.00 e. The van der Waals surface area contributed by atoms with Crippen molar-refractivity contribution in [3.8, 4) is 5.75 Å². The van der Waals surface area contributed by atoms with E-state index < -0.39 is 13.3 Å². The Bertz CT molecular complexity index is 286. The van der Waals surface area contributed by atoms with E-state index in [1.165, 1.54) is 7.11 Å². The van der Waals surface area contributed by atoms with E-state index in [1.54, 1.807) is 24.3 Å². The smallest absolute Gasteiger partial charge is 0.497 e. The third kappa shape index (κ3) is 6.63. The van der Waals surface area contributed by atoms with Gasteiger partial charge in [0.2, 0.25) is 0 Å². The van der Waals surface area contributed by atoms with Crippen LogP contribution in [0.5, 0.6) is 5.75 Å². The van der Waals surface area contributed by atoms with Crippen molar-refractivity contribution in [1.29, 1.82) is 0 Å². The first-order valence-electron chi connectivity index (χ1n) is 4.35. The maximum Gasteiger partial charge on any atom is 1.00 e. The van der Waals surface area contributed by atoms with Crippen molar-refractivity contribution in [2.24, 2.45) is 0 Å². The number of halogens is 3. The van der Waals surface area contributed by atoms with Crippen LogP contribution in [0.25, 0.3) is 0 Å². The van der Waals surface area contributed by atoms with Gasteiger partial charge >= 0.3 is 58.4 Å². The topological polar surface area (TPSA) is 9.23 Å². The van der Waals surface area contributed by atoms with E-state index >= 15 is 0 Å². The first kappa shape index (κ1) is 15.5. The molecule has 0 atom stereocenters. The molecule has 15 heavy (non-hydrogen) atoms. The Morgan fingerprint density at radius 3 is 2.07 bits per heavy atom. The van der Waals surface area contributed by atoms with Crippen molar-refractivity contribution in [3.05, 3.63) is 29.8 Å². The zero-order valence-corrected chi connectivity index (χ0v) is 12.0. The standard InChI is InChI=1S/C9H11BF3O.K/c1-14-9-4-2-8(3-5-9)6-7-10(11,12)13;/h2-5H,6-7H2,1H3;/q-1;+1. The van der Waals surface area contributed by atoms with Crippen molar-refractivity contribution in [1.82, 2.24) is 0 Å². The Kier molecular flexibility index (Phi) is 7.20. The van der Waals surface area contributed by atoms with Crippen LogP contribution < -0.4 is 56.1 Å². The SMILES string of the molecule is COc1ccc(CC[B-](F)(F)F)cc1.[K+]. The predicted molar refractivity (Wildman–Crippen MR) is 50.6 cm³/mol. The van der Waals surface area contributed by atoms with Crippen LogP contribution in [0.1, 0.15) is 5.56 Å². The molecule has 0 amide bonds. The second kappa shape index (κ2) is 6.96. The maximum atomic E-state index is 11.9. The fraction of sp³-hybridized carbons (Fsp3) is 0.333. The first-order valence-corrected chi connectivity index (χ1v) is 4.35. The van der Waals surface area contributed by atoms with E-state index in [0.717, 1.165) is 0 Å². The third-order valence-electron chi connectivity index (χ3n) is 1.92. The number of methoxy groups -OCH3 is 1.